The van der Waals surface area contributed by atoms with Crippen molar-refractivity contribution in [1.82, 2.24) is 24.8 Å². The molecule has 2 aliphatic heterocycles. The van der Waals surface area contributed by atoms with Crippen LogP contribution in [0.25, 0.3) is 33.7 Å². The van der Waals surface area contributed by atoms with Crippen LogP contribution in [0.4, 0.5) is 0 Å². The van der Waals surface area contributed by atoms with Crippen molar-refractivity contribution in [2.45, 2.75) is 19.4 Å². The van der Waals surface area contributed by atoms with Crippen LogP contribution in [0.1, 0.15) is 24.2 Å². The Bertz CT molecular complexity index is 1350. The molecule has 1 aromatic carbocycles. The van der Waals surface area contributed by atoms with Crippen molar-refractivity contribution in [2.75, 3.05) is 12.9 Å². The molecule has 0 saturated carbocycles. The summed E-state index contributed by atoms with van der Waals surface area (Å²) in [4.78, 5) is 24.8. The van der Waals surface area contributed by atoms with Gasteiger partial charge in [-0.15, -0.1) is 0 Å². The van der Waals surface area contributed by atoms with E-state index in [1.165, 1.54) is 0 Å². The van der Waals surface area contributed by atoms with Gasteiger partial charge in [0.05, 0.1) is 36.0 Å². The second-order valence-corrected chi connectivity index (χ2v) is 9.81. The molecule has 2 N–H and O–H groups in total. The first-order valence-electron chi connectivity index (χ1n) is 9.58. The number of carbonyl (C=O) groups excluding carboxylic acids is 1. The Labute approximate surface area is 179 Å². The quantitative estimate of drug-likeness (QED) is 0.444. The van der Waals surface area contributed by atoms with E-state index in [4.69, 9.17) is 4.18 Å². The Kier molecular flexibility index (Phi) is 5.06. The third-order valence-corrected chi connectivity index (χ3v) is 5.44. The Morgan fingerprint density at radius 2 is 2.00 bits per heavy atom. The van der Waals surface area contributed by atoms with E-state index in [0.717, 1.165) is 34.1 Å². The van der Waals surface area contributed by atoms with E-state index in [-0.39, 0.29) is 12.5 Å². The number of hydrogen-bond donors (Lipinski definition) is 2. The Hall–Kier alpha value is -3.24. The van der Waals surface area contributed by atoms with Crippen molar-refractivity contribution < 1.29 is 17.4 Å². The predicted molar refractivity (Wildman–Crippen MR) is 117 cm³/mol. The standard InChI is InChI=1S/C21H23N5O4S/c1-21(2,12-30-31(4,28)29)25-20(27)13-5-6-18-14(9-13)15(11-26(18)3)17-10-23-19-16(24-17)7-8-22-19/h5-11,24H,12H2,1-4H3,(H,25,27). The van der Waals surface area contributed by atoms with Crippen molar-refractivity contribution >= 4 is 26.9 Å². The highest BCUT2D eigenvalue weighted by molar-refractivity contribution is 7.85. The Morgan fingerprint density at radius 3 is 2.74 bits per heavy atom. The largest absolute Gasteiger partial charge is 0.351 e. The minimum Gasteiger partial charge on any atom is -0.351 e. The SMILES string of the molecule is Cn1cc(-c2cnc3nccc-3[nH]2)c2cc(C(=O)NC(C)(C)COS(C)(=O)=O)ccc21. The highest BCUT2D eigenvalue weighted by Gasteiger charge is 2.24. The van der Waals surface area contributed by atoms with Gasteiger partial charge in [-0.3, -0.25) is 8.98 Å². The zero-order chi connectivity index (χ0) is 22.4. The topological polar surface area (TPSA) is 119 Å². The number of aromatic nitrogens is 4. The van der Waals surface area contributed by atoms with Gasteiger partial charge in [-0.05, 0) is 38.1 Å². The number of carbonyl (C=O) groups is 1. The number of aromatic amines is 1. The third kappa shape index (κ3) is 4.44. The summed E-state index contributed by atoms with van der Waals surface area (Å²) in [6.45, 7) is 3.24. The molecule has 3 heterocycles. The smallest absolute Gasteiger partial charge is 0.264 e. The molecule has 31 heavy (non-hydrogen) atoms. The zero-order valence-corrected chi connectivity index (χ0v) is 18.4. The first-order valence-corrected chi connectivity index (χ1v) is 11.4. The third-order valence-electron chi connectivity index (χ3n) is 4.89. The molecular formula is C21H23N5O4S. The lowest BCUT2D eigenvalue weighted by Crippen LogP contribution is -2.47. The summed E-state index contributed by atoms with van der Waals surface area (Å²) < 4.78 is 29.4. The van der Waals surface area contributed by atoms with E-state index in [1.807, 2.05) is 36.0 Å². The minimum absolute atomic E-state index is 0.162. The highest BCUT2D eigenvalue weighted by Crippen LogP contribution is 2.31. The molecule has 0 unspecified atom stereocenters. The van der Waals surface area contributed by atoms with Crippen molar-refractivity contribution in [3.63, 3.8) is 0 Å². The predicted octanol–water partition coefficient (Wildman–Crippen LogP) is 2.55. The molecule has 162 valence electrons. The Morgan fingerprint density at radius 1 is 1.23 bits per heavy atom. The number of nitrogens with one attached hydrogen (secondary N) is 2. The lowest BCUT2D eigenvalue weighted by Gasteiger charge is -2.25. The van der Waals surface area contributed by atoms with Gasteiger partial charge in [-0.1, -0.05) is 0 Å². The number of hydrogen-bond acceptors (Lipinski definition) is 6. The van der Waals surface area contributed by atoms with Gasteiger partial charge in [0.1, 0.15) is 0 Å². The van der Waals surface area contributed by atoms with Gasteiger partial charge < -0.3 is 14.9 Å². The summed E-state index contributed by atoms with van der Waals surface area (Å²) in [6, 6.07) is 7.29. The maximum absolute atomic E-state index is 12.9. The first kappa shape index (κ1) is 21.0. The number of aryl methyl sites for hydroxylation is 1. The lowest BCUT2D eigenvalue weighted by molar-refractivity contribution is 0.0883. The maximum atomic E-state index is 12.9. The fourth-order valence-electron chi connectivity index (χ4n) is 3.38. The van der Waals surface area contributed by atoms with Gasteiger partial charge in [-0.25, -0.2) is 9.97 Å². The molecule has 0 aliphatic carbocycles. The molecule has 4 rings (SSSR count). The van der Waals surface area contributed by atoms with Gasteiger partial charge in [0, 0.05) is 41.5 Å². The number of nitrogens with zero attached hydrogens (tertiary/aromatic N) is 3. The van der Waals surface area contributed by atoms with Crippen LogP contribution < -0.4 is 5.32 Å². The van der Waals surface area contributed by atoms with E-state index in [0.29, 0.717) is 11.4 Å². The summed E-state index contributed by atoms with van der Waals surface area (Å²) in [5.41, 5.74) is 3.09. The number of H-pyrrole nitrogens is 1. The van der Waals surface area contributed by atoms with E-state index in [1.54, 1.807) is 32.3 Å². The molecule has 9 nitrogen and oxygen atoms in total. The average molecular weight is 442 g/mol. The molecule has 0 atom stereocenters. The summed E-state index contributed by atoms with van der Waals surface area (Å²) in [6.07, 6.45) is 6.37. The molecule has 1 aromatic heterocycles. The molecule has 0 bridgehead atoms. The van der Waals surface area contributed by atoms with Crippen LogP contribution in [0.3, 0.4) is 0 Å². The van der Waals surface area contributed by atoms with Gasteiger partial charge in [0.15, 0.2) is 5.82 Å². The van der Waals surface area contributed by atoms with Crippen LogP contribution in [0.15, 0.2) is 42.9 Å². The molecule has 0 spiro atoms. The van der Waals surface area contributed by atoms with E-state index in [2.05, 4.69) is 20.3 Å². The monoisotopic (exact) mass is 441 g/mol. The summed E-state index contributed by atoms with van der Waals surface area (Å²) in [5.74, 6) is 0.319. The van der Waals surface area contributed by atoms with E-state index >= 15 is 0 Å². The molecule has 0 radical (unpaired) electrons. The summed E-state index contributed by atoms with van der Waals surface area (Å²) in [7, 11) is -1.66. The van der Waals surface area contributed by atoms with Crippen LogP contribution in [-0.4, -0.2) is 52.2 Å². The second-order valence-electron chi connectivity index (χ2n) is 8.17. The molecular weight excluding hydrogens is 418 g/mol. The fourth-order valence-corrected chi connectivity index (χ4v) is 3.89. The number of amides is 1. The number of benzene rings is 1. The summed E-state index contributed by atoms with van der Waals surface area (Å²) in [5, 5.41) is 3.72. The fraction of sp³-hybridized carbons (Fsp3) is 0.286. The number of fused-ring (bicyclic) bond motifs is 2. The van der Waals surface area contributed by atoms with Crippen molar-refractivity contribution in [3.05, 3.63) is 48.4 Å². The van der Waals surface area contributed by atoms with E-state index < -0.39 is 15.7 Å². The van der Waals surface area contributed by atoms with Crippen molar-refractivity contribution in [1.29, 1.82) is 0 Å². The van der Waals surface area contributed by atoms with Crippen LogP contribution >= 0.6 is 0 Å². The molecule has 2 aromatic rings. The minimum atomic E-state index is -3.60. The maximum Gasteiger partial charge on any atom is 0.264 e. The molecule has 2 aliphatic rings. The highest BCUT2D eigenvalue weighted by atomic mass is 32.2. The normalized spacial score (nSPS) is 12.5. The van der Waals surface area contributed by atoms with Crippen molar-refractivity contribution in [3.8, 4) is 22.8 Å². The molecule has 0 fully saturated rings. The van der Waals surface area contributed by atoms with Gasteiger partial charge >= 0.3 is 0 Å². The molecule has 10 heteroatoms. The summed E-state index contributed by atoms with van der Waals surface area (Å²) >= 11 is 0. The Balaban J connectivity index is 1.67. The van der Waals surface area contributed by atoms with E-state index in [9.17, 15) is 13.2 Å². The van der Waals surface area contributed by atoms with Gasteiger partial charge in [0.25, 0.3) is 16.0 Å². The van der Waals surface area contributed by atoms with Crippen LogP contribution in [0.2, 0.25) is 0 Å². The second kappa shape index (κ2) is 7.47. The average Bonchev–Trinajstić information content (AvgIpc) is 3.29. The van der Waals surface area contributed by atoms with Crippen LogP contribution in [0.5, 0.6) is 0 Å². The van der Waals surface area contributed by atoms with Crippen LogP contribution in [-0.2, 0) is 21.3 Å². The van der Waals surface area contributed by atoms with Gasteiger partial charge in [-0.2, -0.15) is 8.42 Å². The van der Waals surface area contributed by atoms with Gasteiger partial charge in [0.2, 0.25) is 0 Å². The zero-order valence-electron chi connectivity index (χ0n) is 17.6. The van der Waals surface area contributed by atoms with Crippen LogP contribution in [0, 0.1) is 0 Å². The first-order chi connectivity index (χ1) is 14.5. The van der Waals surface area contributed by atoms with Crippen molar-refractivity contribution in [2.24, 2.45) is 7.05 Å². The molecule has 1 amide bonds. The number of rotatable bonds is 6. The lowest BCUT2D eigenvalue weighted by atomic mass is 10.0. The molecule has 0 saturated heterocycles.